The number of alkyl halides is 6. The minimum atomic E-state index is -6.02. The number of aliphatic hydroxyl groups is 1. The lowest BCUT2D eigenvalue weighted by Crippen LogP contribution is -2.53. The van der Waals surface area contributed by atoms with Crippen LogP contribution in [0.2, 0.25) is 0 Å². The minimum Gasteiger partial charge on any atom is -0.369 e. The van der Waals surface area contributed by atoms with E-state index in [-0.39, 0.29) is 23.3 Å². The number of para-hydroxylation sites is 1. The number of rotatable bonds is 4. The molecule has 0 spiro atoms. The van der Waals surface area contributed by atoms with Gasteiger partial charge in [0.05, 0.1) is 16.6 Å². The molecule has 1 aromatic heterocycles. The second-order valence-electron chi connectivity index (χ2n) is 7.82. The first kappa shape index (κ1) is 25.1. The molecule has 186 valence electrons. The SMILES string of the molecule is O=c1c2ccccc2nc(CC2=NC=CC=CC=C2)n1-c1ccc(C(O)(C(F)(F)F)C(F)(F)F)cc1. The highest BCUT2D eigenvalue weighted by molar-refractivity contribution is 5.97. The molecule has 0 radical (unpaired) electrons. The molecule has 0 fully saturated rings. The van der Waals surface area contributed by atoms with Crippen LogP contribution in [0.5, 0.6) is 0 Å². The van der Waals surface area contributed by atoms with Crippen LogP contribution in [0.15, 0.2) is 94.9 Å². The Labute approximate surface area is 200 Å². The Morgan fingerprint density at radius 2 is 1.47 bits per heavy atom. The summed E-state index contributed by atoms with van der Waals surface area (Å²) >= 11 is 0. The zero-order chi connectivity index (χ0) is 26.1. The van der Waals surface area contributed by atoms with Crippen LogP contribution < -0.4 is 5.56 Å². The van der Waals surface area contributed by atoms with Crippen molar-refractivity contribution in [3.05, 3.63) is 107 Å². The van der Waals surface area contributed by atoms with Gasteiger partial charge in [-0.2, -0.15) is 26.3 Å². The van der Waals surface area contributed by atoms with E-state index in [4.69, 9.17) is 0 Å². The fourth-order valence-electron chi connectivity index (χ4n) is 3.70. The summed E-state index contributed by atoms with van der Waals surface area (Å²) in [5, 5.41) is 9.87. The lowest BCUT2D eigenvalue weighted by molar-refractivity contribution is -0.376. The van der Waals surface area contributed by atoms with Gasteiger partial charge in [-0.1, -0.05) is 42.5 Å². The van der Waals surface area contributed by atoms with Crippen molar-refractivity contribution < 1.29 is 31.4 Å². The van der Waals surface area contributed by atoms with E-state index < -0.39 is 29.1 Å². The summed E-state index contributed by atoms with van der Waals surface area (Å²) in [4.78, 5) is 22.1. The molecular weight excluding hydrogens is 488 g/mol. The quantitative estimate of drug-likeness (QED) is 0.488. The third-order valence-electron chi connectivity index (χ3n) is 5.50. The van der Waals surface area contributed by atoms with E-state index in [1.54, 1.807) is 48.6 Å². The number of halogens is 6. The van der Waals surface area contributed by atoms with Gasteiger partial charge in [0.1, 0.15) is 5.82 Å². The highest BCUT2D eigenvalue weighted by atomic mass is 19.4. The molecule has 1 aliphatic rings. The van der Waals surface area contributed by atoms with E-state index in [0.29, 0.717) is 23.4 Å². The van der Waals surface area contributed by atoms with E-state index in [2.05, 4.69) is 9.98 Å². The molecule has 0 atom stereocenters. The molecule has 0 bridgehead atoms. The predicted octanol–water partition coefficient (Wildman–Crippen LogP) is 5.32. The number of hydrogen-bond acceptors (Lipinski definition) is 4. The molecule has 3 aromatic rings. The van der Waals surface area contributed by atoms with Gasteiger partial charge in [0.15, 0.2) is 0 Å². The highest BCUT2D eigenvalue weighted by Crippen LogP contribution is 2.50. The van der Waals surface area contributed by atoms with Crippen molar-refractivity contribution in [2.24, 2.45) is 4.99 Å². The second kappa shape index (κ2) is 9.23. The van der Waals surface area contributed by atoms with Gasteiger partial charge in [-0.25, -0.2) is 4.98 Å². The Hall–Kier alpha value is -3.99. The summed E-state index contributed by atoms with van der Waals surface area (Å²) in [5.41, 5.74) is -6.25. The van der Waals surface area contributed by atoms with Crippen molar-refractivity contribution in [3.63, 3.8) is 0 Å². The number of fused-ring (bicyclic) bond motifs is 1. The van der Waals surface area contributed by atoms with E-state index in [0.717, 1.165) is 16.7 Å². The Balaban J connectivity index is 1.87. The van der Waals surface area contributed by atoms with Crippen molar-refractivity contribution in [2.45, 2.75) is 24.4 Å². The third-order valence-corrected chi connectivity index (χ3v) is 5.50. The zero-order valence-electron chi connectivity index (χ0n) is 18.3. The molecule has 0 saturated carbocycles. The predicted molar refractivity (Wildman–Crippen MR) is 122 cm³/mol. The molecule has 0 amide bonds. The normalized spacial score (nSPS) is 14.6. The van der Waals surface area contributed by atoms with Crippen LogP contribution in [-0.4, -0.2) is 32.7 Å². The summed E-state index contributed by atoms with van der Waals surface area (Å²) in [6.07, 6.45) is -1.89. The first-order chi connectivity index (χ1) is 16.9. The first-order valence-electron chi connectivity index (χ1n) is 10.5. The number of allylic oxidation sites excluding steroid dienone is 5. The Kier molecular flexibility index (Phi) is 6.44. The van der Waals surface area contributed by atoms with Gasteiger partial charge in [0, 0.05) is 23.9 Å². The molecule has 0 saturated heterocycles. The maximum Gasteiger partial charge on any atom is 0.430 e. The number of hydrogen-bond donors (Lipinski definition) is 1. The number of nitrogens with zero attached hydrogens (tertiary/aromatic N) is 3. The number of aliphatic imine (C=N–C) groups is 1. The van der Waals surface area contributed by atoms with Crippen molar-refractivity contribution in [3.8, 4) is 5.69 Å². The Morgan fingerprint density at radius 1 is 0.833 bits per heavy atom. The zero-order valence-corrected chi connectivity index (χ0v) is 18.3. The molecule has 0 unspecified atom stereocenters. The molecule has 4 rings (SSSR count). The van der Waals surface area contributed by atoms with Crippen molar-refractivity contribution >= 4 is 16.6 Å². The van der Waals surface area contributed by atoms with E-state index in [1.165, 1.54) is 12.3 Å². The van der Waals surface area contributed by atoms with Crippen LogP contribution >= 0.6 is 0 Å². The maximum atomic E-state index is 13.3. The molecule has 36 heavy (non-hydrogen) atoms. The maximum absolute atomic E-state index is 13.3. The Morgan fingerprint density at radius 3 is 2.14 bits per heavy atom. The fraction of sp³-hybridized carbons (Fsp3) is 0.160. The minimum absolute atomic E-state index is 0.0328. The van der Waals surface area contributed by atoms with Crippen LogP contribution in [0, 0.1) is 0 Å². The number of benzene rings is 2. The molecule has 1 N–H and O–H groups in total. The van der Waals surface area contributed by atoms with Crippen LogP contribution in [0.4, 0.5) is 26.3 Å². The molecule has 0 aliphatic carbocycles. The number of aromatic nitrogens is 2. The summed E-state index contributed by atoms with van der Waals surface area (Å²) in [6, 6.07) is 9.17. The standard InChI is InChI=1S/C25H17F6N3O2/c26-24(27,28)23(36,25(29,30)31)16-10-12-18(13-11-16)34-21(15-17-7-3-1-2-6-14-32-17)33-20-9-5-4-8-19(20)22(34)35/h1-14,36H,15H2. The molecule has 1 aliphatic heterocycles. The van der Waals surface area contributed by atoms with Gasteiger partial charge in [0.2, 0.25) is 0 Å². The van der Waals surface area contributed by atoms with E-state index in [9.17, 15) is 36.2 Å². The van der Waals surface area contributed by atoms with Crippen LogP contribution in [0.1, 0.15) is 11.4 Å². The second-order valence-corrected chi connectivity index (χ2v) is 7.82. The van der Waals surface area contributed by atoms with Crippen LogP contribution in [-0.2, 0) is 12.0 Å². The largest absolute Gasteiger partial charge is 0.430 e. The van der Waals surface area contributed by atoms with Crippen molar-refractivity contribution in [2.75, 3.05) is 0 Å². The highest BCUT2D eigenvalue weighted by Gasteiger charge is 2.71. The molecule has 2 aromatic carbocycles. The molecule has 5 nitrogen and oxygen atoms in total. The van der Waals surface area contributed by atoms with Gasteiger partial charge in [-0.15, -0.1) is 0 Å². The van der Waals surface area contributed by atoms with Crippen LogP contribution in [0.25, 0.3) is 16.6 Å². The van der Waals surface area contributed by atoms with Gasteiger partial charge < -0.3 is 5.11 Å². The molecule has 11 heteroatoms. The van der Waals surface area contributed by atoms with Gasteiger partial charge in [-0.05, 0) is 36.4 Å². The van der Waals surface area contributed by atoms with Crippen molar-refractivity contribution in [1.82, 2.24) is 9.55 Å². The fourth-order valence-corrected chi connectivity index (χ4v) is 3.70. The summed E-state index contributed by atoms with van der Waals surface area (Å²) < 4.78 is 80.7. The summed E-state index contributed by atoms with van der Waals surface area (Å²) in [7, 11) is 0. The smallest absolute Gasteiger partial charge is 0.369 e. The van der Waals surface area contributed by atoms with E-state index in [1.807, 2.05) is 0 Å². The topological polar surface area (TPSA) is 67.5 Å². The molecule has 2 heterocycles. The third kappa shape index (κ3) is 4.49. The Bertz CT molecular complexity index is 1450. The van der Waals surface area contributed by atoms with Crippen LogP contribution in [0.3, 0.4) is 0 Å². The lowest BCUT2D eigenvalue weighted by atomic mass is 9.92. The van der Waals surface area contributed by atoms with Gasteiger partial charge >= 0.3 is 12.4 Å². The molecular formula is C25H17F6N3O2. The summed E-state index contributed by atoms with van der Waals surface area (Å²) in [6.45, 7) is 0. The van der Waals surface area contributed by atoms with Crippen molar-refractivity contribution in [1.29, 1.82) is 0 Å². The average molecular weight is 505 g/mol. The average Bonchev–Trinajstić information content (AvgIpc) is 2.79. The summed E-state index contributed by atoms with van der Waals surface area (Å²) in [5.74, 6) is 0.162. The lowest BCUT2D eigenvalue weighted by Gasteiger charge is -2.32. The monoisotopic (exact) mass is 505 g/mol. The first-order valence-corrected chi connectivity index (χ1v) is 10.5. The van der Waals surface area contributed by atoms with Gasteiger partial charge in [-0.3, -0.25) is 14.4 Å². The van der Waals surface area contributed by atoms with E-state index >= 15 is 0 Å². The van der Waals surface area contributed by atoms with Gasteiger partial charge in [0.25, 0.3) is 11.2 Å².